The van der Waals surface area contributed by atoms with Crippen molar-refractivity contribution in [3.8, 4) is 5.75 Å². The summed E-state index contributed by atoms with van der Waals surface area (Å²) in [5.74, 6) is -0.864. The minimum Gasteiger partial charge on any atom is -0.497 e. The molecule has 0 aromatic heterocycles. The molecular weight excluding hydrogens is 264 g/mol. The third-order valence-corrected chi connectivity index (χ3v) is 2.90. The summed E-state index contributed by atoms with van der Waals surface area (Å²) in [4.78, 5) is 0. The highest BCUT2D eigenvalue weighted by atomic mass is 19.1. The Morgan fingerprint density at radius 1 is 1.15 bits per heavy atom. The molecule has 0 bridgehead atoms. The van der Waals surface area contributed by atoms with Gasteiger partial charge in [0.05, 0.1) is 12.7 Å². The highest BCUT2D eigenvalue weighted by Crippen LogP contribution is 2.22. The maximum atomic E-state index is 13.5. The molecule has 3 nitrogen and oxygen atoms in total. The van der Waals surface area contributed by atoms with Crippen LogP contribution in [0.15, 0.2) is 42.5 Å². The normalized spacial score (nSPS) is 12.0. The number of aliphatic hydroxyl groups is 1. The van der Waals surface area contributed by atoms with Crippen molar-refractivity contribution in [2.24, 2.45) is 0 Å². The Morgan fingerprint density at radius 3 is 2.45 bits per heavy atom. The number of ether oxygens (including phenoxy) is 1. The lowest BCUT2D eigenvalue weighted by molar-refractivity contribution is 0.181. The second-order valence-electron chi connectivity index (χ2n) is 4.26. The molecule has 1 atom stereocenters. The first-order chi connectivity index (χ1) is 9.61. The first-order valence-corrected chi connectivity index (χ1v) is 6.11. The molecule has 2 rings (SSSR count). The van der Waals surface area contributed by atoms with Crippen molar-refractivity contribution in [2.75, 3.05) is 19.0 Å². The van der Waals surface area contributed by atoms with Gasteiger partial charge >= 0.3 is 0 Å². The number of rotatable bonds is 5. The van der Waals surface area contributed by atoms with E-state index in [1.54, 1.807) is 31.4 Å². The molecule has 1 unspecified atom stereocenters. The van der Waals surface area contributed by atoms with Crippen LogP contribution in [-0.4, -0.2) is 18.8 Å². The third-order valence-electron chi connectivity index (χ3n) is 2.90. The lowest BCUT2D eigenvalue weighted by Gasteiger charge is -2.15. The first kappa shape index (κ1) is 14.3. The molecule has 0 saturated carbocycles. The minimum atomic E-state index is -1.28. The van der Waals surface area contributed by atoms with Gasteiger partial charge in [0.15, 0.2) is 0 Å². The smallest absolute Gasteiger partial charge is 0.132 e. The lowest BCUT2D eigenvalue weighted by Crippen LogP contribution is -2.15. The van der Waals surface area contributed by atoms with Crippen LogP contribution in [-0.2, 0) is 0 Å². The number of nitrogens with one attached hydrogen (secondary N) is 1. The molecule has 20 heavy (non-hydrogen) atoms. The Balaban J connectivity index is 2.06. The van der Waals surface area contributed by atoms with Gasteiger partial charge in [-0.05, 0) is 24.3 Å². The molecule has 106 valence electrons. The fraction of sp³-hybridized carbons (Fsp3) is 0.200. The van der Waals surface area contributed by atoms with E-state index in [0.29, 0.717) is 11.4 Å². The predicted octanol–water partition coefficient (Wildman–Crippen LogP) is 3.12. The molecular formula is C15H15F2NO2. The highest BCUT2D eigenvalue weighted by molar-refractivity contribution is 5.48. The van der Waals surface area contributed by atoms with Crippen LogP contribution in [0.25, 0.3) is 0 Å². The van der Waals surface area contributed by atoms with E-state index < -0.39 is 17.7 Å². The maximum Gasteiger partial charge on any atom is 0.132 e. The summed E-state index contributed by atoms with van der Waals surface area (Å²) < 4.78 is 32.1. The van der Waals surface area contributed by atoms with Gasteiger partial charge in [-0.15, -0.1) is 0 Å². The molecule has 2 aromatic carbocycles. The van der Waals surface area contributed by atoms with E-state index in [0.717, 1.165) is 12.1 Å². The van der Waals surface area contributed by atoms with Gasteiger partial charge in [-0.3, -0.25) is 0 Å². The van der Waals surface area contributed by atoms with Gasteiger partial charge in [0.1, 0.15) is 23.5 Å². The Kier molecular flexibility index (Phi) is 4.53. The largest absolute Gasteiger partial charge is 0.497 e. The molecule has 0 aliphatic heterocycles. The number of hydrogen-bond donors (Lipinski definition) is 2. The fourth-order valence-electron chi connectivity index (χ4n) is 1.88. The number of aliphatic hydroxyl groups excluding tert-OH is 1. The van der Waals surface area contributed by atoms with Crippen LogP contribution in [0.4, 0.5) is 14.5 Å². The number of anilines is 1. The van der Waals surface area contributed by atoms with Crippen molar-refractivity contribution in [1.82, 2.24) is 0 Å². The van der Waals surface area contributed by atoms with Crippen LogP contribution >= 0.6 is 0 Å². The number of methoxy groups -OCH3 is 1. The van der Waals surface area contributed by atoms with Gasteiger partial charge in [-0.25, -0.2) is 8.78 Å². The Morgan fingerprint density at radius 2 is 1.80 bits per heavy atom. The van der Waals surface area contributed by atoms with E-state index in [1.165, 1.54) is 6.07 Å². The van der Waals surface area contributed by atoms with E-state index in [2.05, 4.69) is 5.32 Å². The monoisotopic (exact) mass is 279 g/mol. The summed E-state index contributed by atoms with van der Waals surface area (Å²) in [5, 5.41) is 12.8. The Bertz CT molecular complexity index is 570. The van der Waals surface area contributed by atoms with Crippen molar-refractivity contribution in [3.05, 3.63) is 59.7 Å². The SMILES string of the molecule is COc1cccc(NCC(O)c2c(F)cccc2F)c1. The van der Waals surface area contributed by atoms with E-state index in [9.17, 15) is 13.9 Å². The molecule has 2 aromatic rings. The molecule has 5 heteroatoms. The van der Waals surface area contributed by atoms with Crippen LogP contribution in [0, 0.1) is 11.6 Å². The van der Waals surface area contributed by atoms with Gasteiger partial charge in [0.2, 0.25) is 0 Å². The molecule has 0 spiro atoms. The maximum absolute atomic E-state index is 13.5. The molecule has 0 amide bonds. The highest BCUT2D eigenvalue weighted by Gasteiger charge is 2.17. The lowest BCUT2D eigenvalue weighted by atomic mass is 10.1. The average molecular weight is 279 g/mol. The summed E-state index contributed by atoms with van der Waals surface area (Å²) in [7, 11) is 1.54. The van der Waals surface area contributed by atoms with Crippen molar-refractivity contribution >= 4 is 5.69 Å². The zero-order valence-corrected chi connectivity index (χ0v) is 10.9. The van der Waals surface area contributed by atoms with Crippen molar-refractivity contribution in [2.45, 2.75) is 6.10 Å². The number of halogens is 2. The van der Waals surface area contributed by atoms with E-state index >= 15 is 0 Å². The molecule has 0 heterocycles. The van der Waals surface area contributed by atoms with Gasteiger partial charge in [-0.2, -0.15) is 0 Å². The molecule has 0 radical (unpaired) electrons. The van der Waals surface area contributed by atoms with Crippen LogP contribution in [0.5, 0.6) is 5.75 Å². The summed E-state index contributed by atoms with van der Waals surface area (Å²) >= 11 is 0. The third kappa shape index (κ3) is 3.24. The summed E-state index contributed by atoms with van der Waals surface area (Å²) in [6, 6.07) is 10.5. The van der Waals surface area contributed by atoms with E-state index in [-0.39, 0.29) is 12.1 Å². The molecule has 0 saturated heterocycles. The fourth-order valence-corrected chi connectivity index (χ4v) is 1.88. The van der Waals surface area contributed by atoms with Crippen LogP contribution in [0.3, 0.4) is 0 Å². The van der Waals surface area contributed by atoms with Gasteiger partial charge < -0.3 is 15.2 Å². The number of benzene rings is 2. The minimum absolute atomic E-state index is 0.00891. The molecule has 2 N–H and O–H groups in total. The second-order valence-corrected chi connectivity index (χ2v) is 4.26. The summed E-state index contributed by atoms with van der Waals surface area (Å²) in [5.41, 5.74) is 0.364. The Hall–Kier alpha value is -2.14. The zero-order chi connectivity index (χ0) is 14.5. The van der Waals surface area contributed by atoms with Crippen molar-refractivity contribution in [1.29, 1.82) is 0 Å². The van der Waals surface area contributed by atoms with E-state index in [4.69, 9.17) is 4.74 Å². The summed E-state index contributed by atoms with van der Waals surface area (Å²) in [6.45, 7) is -0.00891. The van der Waals surface area contributed by atoms with Crippen LogP contribution < -0.4 is 10.1 Å². The van der Waals surface area contributed by atoms with Crippen LogP contribution in [0.2, 0.25) is 0 Å². The standard InChI is InChI=1S/C15H15F2NO2/c1-20-11-5-2-4-10(8-11)18-9-14(19)15-12(16)6-3-7-13(15)17/h2-8,14,18-19H,9H2,1H3. The van der Waals surface area contributed by atoms with E-state index in [1.807, 2.05) is 0 Å². The molecule has 0 aliphatic rings. The zero-order valence-electron chi connectivity index (χ0n) is 10.9. The quantitative estimate of drug-likeness (QED) is 0.883. The average Bonchev–Trinajstić information content (AvgIpc) is 2.45. The van der Waals surface area contributed by atoms with Crippen molar-refractivity contribution < 1.29 is 18.6 Å². The number of hydrogen-bond acceptors (Lipinski definition) is 3. The van der Waals surface area contributed by atoms with Gasteiger partial charge in [0, 0.05) is 18.3 Å². The molecule has 0 aliphatic carbocycles. The van der Waals surface area contributed by atoms with Gasteiger partial charge in [0.25, 0.3) is 0 Å². The summed E-state index contributed by atoms with van der Waals surface area (Å²) in [6.07, 6.45) is -1.28. The molecule has 0 fully saturated rings. The first-order valence-electron chi connectivity index (χ1n) is 6.11. The van der Waals surface area contributed by atoms with Crippen molar-refractivity contribution in [3.63, 3.8) is 0 Å². The van der Waals surface area contributed by atoms with Crippen LogP contribution in [0.1, 0.15) is 11.7 Å². The Labute approximate surface area is 115 Å². The predicted molar refractivity (Wildman–Crippen MR) is 72.8 cm³/mol. The second kappa shape index (κ2) is 6.34. The van der Waals surface area contributed by atoms with Gasteiger partial charge in [-0.1, -0.05) is 12.1 Å². The topological polar surface area (TPSA) is 41.5 Å².